The first-order valence-electron chi connectivity index (χ1n) is 8.15. The Bertz CT molecular complexity index is 599. The summed E-state index contributed by atoms with van der Waals surface area (Å²) in [5.74, 6) is 0. The first-order chi connectivity index (χ1) is 11.7. The fourth-order valence-electron chi connectivity index (χ4n) is 3.00. The van der Waals surface area contributed by atoms with Gasteiger partial charge in [0.15, 0.2) is 5.72 Å². The highest BCUT2D eigenvalue weighted by atomic mass is 16.7. The van der Waals surface area contributed by atoms with E-state index < -0.39 is 23.5 Å². The Labute approximate surface area is 148 Å². The molecule has 25 heavy (non-hydrogen) atoms. The van der Waals surface area contributed by atoms with E-state index in [-0.39, 0.29) is 19.9 Å². The largest absolute Gasteiger partial charge is 0.444 e. The third-order valence-corrected chi connectivity index (χ3v) is 3.93. The zero-order chi connectivity index (χ0) is 18.7. The lowest BCUT2D eigenvalue weighted by atomic mass is 10.0. The quantitative estimate of drug-likeness (QED) is 0.793. The standard InChI is InChI=1S/C18H27NO6/c1-17(2,3)25-16(21)19(11-22-4)18(24-12-23-5)10-15(20)13-8-6-7-9-14(13)18/h6-9,15,20H,10-12H2,1-5H3/t15?,18-/m1/s1. The van der Waals surface area contributed by atoms with E-state index in [1.54, 1.807) is 20.8 Å². The number of ether oxygens (including phenoxy) is 4. The maximum atomic E-state index is 12.8. The van der Waals surface area contributed by atoms with Crippen LogP contribution >= 0.6 is 0 Å². The van der Waals surface area contributed by atoms with Gasteiger partial charge >= 0.3 is 6.09 Å². The number of nitrogens with zero attached hydrogens (tertiary/aromatic N) is 1. The molecule has 0 bridgehead atoms. The van der Waals surface area contributed by atoms with Gasteiger partial charge in [0, 0.05) is 26.2 Å². The number of fused-ring (bicyclic) bond motifs is 1. The average molecular weight is 353 g/mol. The zero-order valence-electron chi connectivity index (χ0n) is 15.4. The van der Waals surface area contributed by atoms with Crippen molar-refractivity contribution in [2.24, 2.45) is 0 Å². The summed E-state index contributed by atoms with van der Waals surface area (Å²) in [7, 11) is 2.98. The number of aliphatic hydroxyl groups excluding tert-OH is 1. The summed E-state index contributed by atoms with van der Waals surface area (Å²) in [4.78, 5) is 14.2. The summed E-state index contributed by atoms with van der Waals surface area (Å²) in [6.07, 6.45) is -1.19. The van der Waals surface area contributed by atoms with Crippen LogP contribution in [-0.2, 0) is 24.7 Å². The van der Waals surface area contributed by atoms with Crippen molar-refractivity contribution in [2.45, 2.75) is 44.6 Å². The van der Waals surface area contributed by atoms with Crippen LogP contribution in [0, 0.1) is 0 Å². The highest BCUT2D eigenvalue weighted by molar-refractivity contribution is 5.70. The molecule has 0 fully saturated rings. The molecule has 0 saturated carbocycles. The summed E-state index contributed by atoms with van der Waals surface area (Å²) >= 11 is 0. The van der Waals surface area contributed by atoms with Gasteiger partial charge in [-0.3, -0.25) is 4.90 Å². The molecule has 1 aromatic rings. The van der Waals surface area contributed by atoms with Gasteiger partial charge in [0.2, 0.25) is 0 Å². The SMILES string of the molecule is COCO[C@]1(N(COC)C(=O)OC(C)(C)C)CC(O)c2ccccc21. The van der Waals surface area contributed by atoms with E-state index in [1.807, 2.05) is 24.3 Å². The highest BCUT2D eigenvalue weighted by Crippen LogP contribution is 2.48. The predicted octanol–water partition coefficient (Wildman–Crippen LogP) is 2.74. The molecule has 1 aromatic carbocycles. The molecule has 2 rings (SSSR count). The molecule has 0 aliphatic heterocycles. The molecule has 1 amide bonds. The van der Waals surface area contributed by atoms with Crippen molar-refractivity contribution in [3.8, 4) is 0 Å². The van der Waals surface area contributed by atoms with E-state index in [0.717, 1.165) is 0 Å². The summed E-state index contributed by atoms with van der Waals surface area (Å²) < 4.78 is 21.8. The van der Waals surface area contributed by atoms with Crippen LogP contribution in [-0.4, -0.2) is 49.4 Å². The van der Waals surface area contributed by atoms with Crippen molar-refractivity contribution in [3.63, 3.8) is 0 Å². The fraction of sp³-hybridized carbons (Fsp3) is 0.611. The third kappa shape index (κ3) is 4.12. The second-order valence-electron chi connectivity index (χ2n) is 6.97. The molecular formula is C18H27NO6. The molecule has 7 heteroatoms. The average Bonchev–Trinajstić information content (AvgIpc) is 2.82. The normalized spacial score (nSPS) is 22.6. The first-order valence-corrected chi connectivity index (χ1v) is 8.15. The monoisotopic (exact) mass is 353 g/mol. The first kappa shape index (κ1) is 19.7. The van der Waals surface area contributed by atoms with Gasteiger partial charge in [0.1, 0.15) is 19.1 Å². The van der Waals surface area contributed by atoms with Crippen molar-refractivity contribution in [3.05, 3.63) is 35.4 Å². The second-order valence-corrected chi connectivity index (χ2v) is 6.97. The van der Waals surface area contributed by atoms with E-state index in [1.165, 1.54) is 19.1 Å². The number of hydrogen-bond acceptors (Lipinski definition) is 6. The minimum atomic E-state index is -1.23. The molecule has 0 aromatic heterocycles. The van der Waals surface area contributed by atoms with Gasteiger partial charge in [-0.15, -0.1) is 0 Å². The van der Waals surface area contributed by atoms with Gasteiger partial charge in [-0.1, -0.05) is 24.3 Å². The second kappa shape index (κ2) is 7.70. The molecule has 0 spiro atoms. The number of aliphatic hydroxyl groups is 1. The van der Waals surface area contributed by atoms with Crippen molar-refractivity contribution in [2.75, 3.05) is 27.7 Å². The maximum absolute atomic E-state index is 12.8. The van der Waals surface area contributed by atoms with E-state index in [4.69, 9.17) is 18.9 Å². The number of rotatable bonds is 6. The van der Waals surface area contributed by atoms with Gasteiger partial charge in [0.05, 0.1) is 6.10 Å². The Morgan fingerprint density at radius 3 is 2.56 bits per heavy atom. The van der Waals surface area contributed by atoms with Crippen molar-refractivity contribution in [1.82, 2.24) is 4.90 Å². The van der Waals surface area contributed by atoms with Gasteiger partial charge in [0.25, 0.3) is 0 Å². The van der Waals surface area contributed by atoms with Crippen LogP contribution in [0.3, 0.4) is 0 Å². The fourth-order valence-corrected chi connectivity index (χ4v) is 3.00. The third-order valence-electron chi connectivity index (χ3n) is 3.93. The van der Waals surface area contributed by atoms with E-state index >= 15 is 0 Å². The minimum absolute atomic E-state index is 0.0515. The van der Waals surface area contributed by atoms with Crippen LogP contribution in [0.1, 0.15) is 44.4 Å². The van der Waals surface area contributed by atoms with Gasteiger partial charge in [-0.2, -0.15) is 0 Å². The Hall–Kier alpha value is -1.67. The lowest BCUT2D eigenvalue weighted by Crippen LogP contribution is -2.52. The van der Waals surface area contributed by atoms with Crippen LogP contribution in [0.5, 0.6) is 0 Å². The lowest BCUT2D eigenvalue weighted by molar-refractivity contribution is -0.224. The molecule has 7 nitrogen and oxygen atoms in total. The van der Waals surface area contributed by atoms with Crippen LogP contribution < -0.4 is 0 Å². The Morgan fingerprint density at radius 2 is 1.96 bits per heavy atom. The molecule has 2 atom stereocenters. The summed E-state index contributed by atoms with van der Waals surface area (Å²) in [6.45, 7) is 5.26. The Balaban J connectivity index is 2.49. The number of carbonyl (C=O) groups is 1. The van der Waals surface area contributed by atoms with Crippen molar-refractivity contribution in [1.29, 1.82) is 0 Å². The molecule has 0 radical (unpaired) electrons. The number of methoxy groups -OCH3 is 2. The van der Waals surface area contributed by atoms with Gasteiger partial charge in [-0.25, -0.2) is 4.79 Å². The van der Waals surface area contributed by atoms with Crippen molar-refractivity contribution >= 4 is 6.09 Å². The highest BCUT2D eigenvalue weighted by Gasteiger charge is 2.52. The summed E-state index contributed by atoms with van der Waals surface area (Å²) in [5.41, 5.74) is -0.502. The molecular weight excluding hydrogens is 326 g/mol. The van der Waals surface area contributed by atoms with Crippen LogP contribution in [0.25, 0.3) is 0 Å². The Kier molecular flexibility index (Phi) is 6.05. The van der Waals surface area contributed by atoms with E-state index in [0.29, 0.717) is 11.1 Å². The van der Waals surface area contributed by atoms with E-state index in [9.17, 15) is 9.90 Å². The molecule has 1 aliphatic carbocycles. The molecule has 1 aliphatic rings. The van der Waals surface area contributed by atoms with Crippen LogP contribution in [0.4, 0.5) is 4.79 Å². The molecule has 1 N–H and O–H groups in total. The molecule has 0 saturated heterocycles. The lowest BCUT2D eigenvalue weighted by Gasteiger charge is -2.41. The Morgan fingerprint density at radius 1 is 1.28 bits per heavy atom. The number of hydrogen-bond donors (Lipinski definition) is 1. The van der Waals surface area contributed by atoms with Crippen LogP contribution in [0.2, 0.25) is 0 Å². The van der Waals surface area contributed by atoms with E-state index in [2.05, 4.69) is 0 Å². The number of benzene rings is 1. The minimum Gasteiger partial charge on any atom is -0.444 e. The summed E-state index contributed by atoms with van der Waals surface area (Å²) in [5, 5.41) is 10.5. The maximum Gasteiger partial charge on any atom is 0.414 e. The summed E-state index contributed by atoms with van der Waals surface area (Å²) in [6, 6.07) is 7.32. The molecule has 0 heterocycles. The van der Waals surface area contributed by atoms with Gasteiger partial charge in [-0.05, 0) is 26.3 Å². The van der Waals surface area contributed by atoms with Crippen molar-refractivity contribution < 1.29 is 28.8 Å². The van der Waals surface area contributed by atoms with Crippen LogP contribution in [0.15, 0.2) is 24.3 Å². The predicted molar refractivity (Wildman–Crippen MR) is 90.6 cm³/mol. The van der Waals surface area contributed by atoms with Gasteiger partial charge < -0.3 is 24.1 Å². The number of amides is 1. The zero-order valence-corrected chi connectivity index (χ0v) is 15.4. The number of carbonyl (C=O) groups excluding carboxylic acids is 1. The topological polar surface area (TPSA) is 77.5 Å². The molecule has 140 valence electrons. The molecule has 1 unspecified atom stereocenters. The smallest absolute Gasteiger partial charge is 0.414 e.